The highest BCUT2D eigenvalue weighted by molar-refractivity contribution is 5.73. The molecule has 5 nitrogen and oxygen atoms in total. The predicted octanol–water partition coefficient (Wildman–Crippen LogP) is 0.245. The molecule has 1 aliphatic heterocycles. The molecule has 5 heteroatoms. The van der Waals surface area contributed by atoms with E-state index in [0.29, 0.717) is 32.8 Å². The van der Waals surface area contributed by atoms with Crippen molar-refractivity contribution in [1.82, 2.24) is 5.32 Å². The molecule has 1 aliphatic rings. The van der Waals surface area contributed by atoms with Crippen molar-refractivity contribution in [2.45, 2.75) is 31.9 Å². The van der Waals surface area contributed by atoms with E-state index in [4.69, 9.17) is 14.6 Å². The Morgan fingerprint density at radius 1 is 1.60 bits per heavy atom. The number of aliphatic carboxylic acids is 1. The summed E-state index contributed by atoms with van der Waals surface area (Å²) in [5, 5.41) is 11.9. The molecule has 1 saturated heterocycles. The lowest BCUT2D eigenvalue weighted by molar-refractivity contribution is -0.140. The van der Waals surface area contributed by atoms with Crippen molar-refractivity contribution in [1.29, 1.82) is 0 Å². The minimum absolute atomic E-state index is 0.0162. The maximum Gasteiger partial charge on any atom is 0.320 e. The van der Waals surface area contributed by atoms with Gasteiger partial charge in [0.15, 0.2) is 0 Å². The third-order valence-corrected chi connectivity index (χ3v) is 2.35. The molecule has 1 fully saturated rings. The third-order valence-electron chi connectivity index (χ3n) is 2.35. The van der Waals surface area contributed by atoms with E-state index in [1.54, 1.807) is 0 Å². The quantitative estimate of drug-likeness (QED) is 0.667. The molecular weight excluding hydrogens is 198 g/mol. The molecule has 0 saturated carbocycles. The molecule has 0 aromatic carbocycles. The number of carboxylic acids is 1. The average molecular weight is 217 g/mol. The van der Waals surface area contributed by atoms with Gasteiger partial charge in [-0.2, -0.15) is 0 Å². The predicted molar refractivity (Wildman–Crippen MR) is 54.9 cm³/mol. The number of hydrogen-bond acceptors (Lipinski definition) is 4. The number of hydrogen-bond donors (Lipinski definition) is 2. The van der Waals surface area contributed by atoms with Crippen molar-refractivity contribution in [3.63, 3.8) is 0 Å². The summed E-state index contributed by atoms with van der Waals surface area (Å²) in [6.07, 6.45) is 1.48. The van der Waals surface area contributed by atoms with Crippen LogP contribution in [0.1, 0.15) is 19.8 Å². The molecular formula is C10H19NO4. The van der Waals surface area contributed by atoms with Gasteiger partial charge in [0.05, 0.1) is 25.9 Å². The van der Waals surface area contributed by atoms with Crippen LogP contribution < -0.4 is 5.32 Å². The van der Waals surface area contributed by atoms with E-state index in [1.165, 1.54) is 0 Å². The largest absolute Gasteiger partial charge is 0.480 e. The van der Waals surface area contributed by atoms with Crippen LogP contribution in [0.5, 0.6) is 0 Å². The standard InChI is InChI=1S/C10H19NO4/c1-2-3-9(10(12)13)11-6-8-7-14-4-5-15-8/h8-9,11H,2-7H2,1H3,(H,12,13). The summed E-state index contributed by atoms with van der Waals surface area (Å²) in [5.41, 5.74) is 0. The number of nitrogens with one attached hydrogen (secondary N) is 1. The van der Waals surface area contributed by atoms with Gasteiger partial charge in [-0.25, -0.2) is 0 Å². The van der Waals surface area contributed by atoms with Crippen LogP contribution >= 0.6 is 0 Å². The first-order chi connectivity index (χ1) is 7.24. The summed E-state index contributed by atoms with van der Waals surface area (Å²) < 4.78 is 10.6. The van der Waals surface area contributed by atoms with Crippen LogP contribution in [0.25, 0.3) is 0 Å². The first-order valence-corrected chi connectivity index (χ1v) is 5.39. The molecule has 0 amide bonds. The van der Waals surface area contributed by atoms with Crippen molar-refractivity contribution >= 4 is 5.97 Å². The van der Waals surface area contributed by atoms with Gasteiger partial charge in [0.25, 0.3) is 0 Å². The fourth-order valence-corrected chi connectivity index (χ4v) is 1.53. The van der Waals surface area contributed by atoms with Crippen LogP contribution in [0.15, 0.2) is 0 Å². The van der Waals surface area contributed by atoms with Gasteiger partial charge in [0.1, 0.15) is 6.04 Å². The van der Waals surface area contributed by atoms with Crippen molar-refractivity contribution in [3.05, 3.63) is 0 Å². The number of ether oxygens (including phenoxy) is 2. The van der Waals surface area contributed by atoms with Crippen LogP contribution in [0.4, 0.5) is 0 Å². The zero-order valence-corrected chi connectivity index (χ0v) is 9.07. The second-order valence-electron chi connectivity index (χ2n) is 3.66. The fourth-order valence-electron chi connectivity index (χ4n) is 1.53. The summed E-state index contributed by atoms with van der Waals surface area (Å²) in [6, 6.07) is -0.472. The SMILES string of the molecule is CCCC(NCC1COCCO1)C(=O)O. The van der Waals surface area contributed by atoms with Crippen LogP contribution in [0, 0.1) is 0 Å². The Morgan fingerprint density at radius 3 is 2.93 bits per heavy atom. The molecule has 1 heterocycles. The Kier molecular flexibility index (Phi) is 5.60. The summed E-state index contributed by atoms with van der Waals surface area (Å²) in [7, 11) is 0. The van der Waals surface area contributed by atoms with Gasteiger partial charge in [0, 0.05) is 6.54 Å². The molecule has 2 atom stereocenters. The molecule has 0 radical (unpaired) electrons. The topological polar surface area (TPSA) is 67.8 Å². The molecule has 0 aliphatic carbocycles. The number of carbonyl (C=O) groups is 1. The molecule has 0 spiro atoms. The van der Waals surface area contributed by atoms with Crippen LogP contribution in [-0.4, -0.2) is 49.6 Å². The lowest BCUT2D eigenvalue weighted by Crippen LogP contribution is -2.44. The Morgan fingerprint density at radius 2 is 2.40 bits per heavy atom. The minimum atomic E-state index is -0.798. The van der Waals surface area contributed by atoms with Gasteiger partial charge < -0.3 is 19.9 Å². The Labute approximate surface area is 89.8 Å². The molecule has 2 unspecified atom stereocenters. The third kappa shape index (κ3) is 4.59. The highest BCUT2D eigenvalue weighted by Crippen LogP contribution is 2.02. The summed E-state index contributed by atoms with van der Waals surface area (Å²) >= 11 is 0. The number of carboxylic acid groups (broad SMARTS) is 1. The van der Waals surface area contributed by atoms with Crippen molar-refractivity contribution in [2.75, 3.05) is 26.4 Å². The van der Waals surface area contributed by atoms with E-state index in [0.717, 1.165) is 6.42 Å². The molecule has 1 rings (SSSR count). The maximum atomic E-state index is 10.8. The lowest BCUT2D eigenvalue weighted by atomic mass is 10.1. The summed E-state index contributed by atoms with van der Waals surface area (Å²) in [4.78, 5) is 10.8. The first-order valence-electron chi connectivity index (χ1n) is 5.39. The van der Waals surface area contributed by atoms with E-state index >= 15 is 0 Å². The van der Waals surface area contributed by atoms with Gasteiger partial charge in [-0.15, -0.1) is 0 Å². The molecule has 0 aromatic rings. The second kappa shape index (κ2) is 6.76. The van der Waals surface area contributed by atoms with Crippen LogP contribution in [-0.2, 0) is 14.3 Å². The zero-order valence-electron chi connectivity index (χ0n) is 9.07. The molecule has 15 heavy (non-hydrogen) atoms. The first kappa shape index (κ1) is 12.4. The Balaban J connectivity index is 2.22. The normalized spacial score (nSPS) is 23.7. The van der Waals surface area contributed by atoms with Crippen molar-refractivity contribution in [2.24, 2.45) is 0 Å². The van der Waals surface area contributed by atoms with E-state index in [1.807, 2.05) is 6.92 Å². The molecule has 2 N–H and O–H groups in total. The monoisotopic (exact) mass is 217 g/mol. The molecule has 88 valence electrons. The van der Waals surface area contributed by atoms with Crippen molar-refractivity contribution in [3.8, 4) is 0 Å². The lowest BCUT2D eigenvalue weighted by Gasteiger charge is -2.24. The van der Waals surface area contributed by atoms with Gasteiger partial charge in [-0.3, -0.25) is 4.79 Å². The Bertz CT molecular complexity index is 192. The van der Waals surface area contributed by atoms with E-state index in [9.17, 15) is 4.79 Å². The zero-order chi connectivity index (χ0) is 11.1. The summed E-state index contributed by atoms with van der Waals surface area (Å²) in [5.74, 6) is -0.798. The highest BCUT2D eigenvalue weighted by Gasteiger charge is 2.19. The maximum absolute atomic E-state index is 10.8. The van der Waals surface area contributed by atoms with Crippen LogP contribution in [0.2, 0.25) is 0 Å². The smallest absolute Gasteiger partial charge is 0.320 e. The van der Waals surface area contributed by atoms with E-state index < -0.39 is 12.0 Å². The second-order valence-corrected chi connectivity index (χ2v) is 3.66. The molecule has 0 aromatic heterocycles. The van der Waals surface area contributed by atoms with Crippen LogP contribution in [0.3, 0.4) is 0 Å². The van der Waals surface area contributed by atoms with E-state index in [-0.39, 0.29) is 6.10 Å². The summed E-state index contributed by atoms with van der Waals surface area (Å²) in [6.45, 7) is 4.28. The van der Waals surface area contributed by atoms with E-state index in [2.05, 4.69) is 5.32 Å². The van der Waals surface area contributed by atoms with Gasteiger partial charge in [-0.1, -0.05) is 13.3 Å². The fraction of sp³-hybridized carbons (Fsp3) is 0.900. The number of rotatable bonds is 6. The van der Waals surface area contributed by atoms with Gasteiger partial charge >= 0.3 is 5.97 Å². The molecule has 0 bridgehead atoms. The highest BCUT2D eigenvalue weighted by atomic mass is 16.6. The Hall–Kier alpha value is -0.650. The minimum Gasteiger partial charge on any atom is -0.480 e. The van der Waals surface area contributed by atoms with Gasteiger partial charge in [-0.05, 0) is 6.42 Å². The van der Waals surface area contributed by atoms with Crippen molar-refractivity contribution < 1.29 is 19.4 Å². The van der Waals surface area contributed by atoms with Gasteiger partial charge in [0.2, 0.25) is 0 Å². The average Bonchev–Trinajstić information content (AvgIpc) is 2.25.